The van der Waals surface area contributed by atoms with Crippen LogP contribution in [0.25, 0.3) is 0 Å². The van der Waals surface area contributed by atoms with Crippen molar-refractivity contribution in [3.63, 3.8) is 0 Å². The van der Waals surface area contributed by atoms with Crippen LogP contribution in [-0.4, -0.2) is 60.2 Å². The van der Waals surface area contributed by atoms with Gasteiger partial charge < -0.3 is 24.3 Å². The predicted molar refractivity (Wildman–Crippen MR) is 144 cm³/mol. The van der Waals surface area contributed by atoms with E-state index in [-0.39, 0.29) is 29.2 Å². The van der Waals surface area contributed by atoms with Crippen molar-refractivity contribution < 1.29 is 41.7 Å². The predicted octanol–water partition coefficient (Wildman–Crippen LogP) is 2.24. The molecule has 0 unspecified atom stereocenters. The van der Waals surface area contributed by atoms with Crippen molar-refractivity contribution in [1.82, 2.24) is 10.0 Å². The van der Waals surface area contributed by atoms with Crippen LogP contribution >= 0.6 is 0 Å². The molecule has 0 spiro atoms. The molecule has 11 nitrogen and oxygen atoms in total. The molecular weight excluding hydrogens is 540 g/mol. The number of sulfonamides is 1. The minimum absolute atomic E-state index is 0.00721. The Balaban J connectivity index is 1.87. The molecule has 0 fully saturated rings. The van der Waals surface area contributed by atoms with E-state index in [1.807, 2.05) is 0 Å². The van der Waals surface area contributed by atoms with Gasteiger partial charge in [-0.25, -0.2) is 18.0 Å². The molecule has 0 aliphatic rings. The van der Waals surface area contributed by atoms with Crippen molar-refractivity contribution in [2.24, 2.45) is 0 Å². The van der Waals surface area contributed by atoms with Gasteiger partial charge in [-0.15, -0.1) is 0 Å². The Kier molecular flexibility index (Phi) is 10.6. The van der Waals surface area contributed by atoms with Crippen LogP contribution < -0.4 is 19.5 Å². The topological polar surface area (TPSA) is 146 Å². The lowest BCUT2D eigenvalue weighted by atomic mass is 10.0. The summed E-state index contributed by atoms with van der Waals surface area (Å²) in [6.45, 7) is -0.298. The lowest BCUT2D eigenvalue weighted by molar-refractivity contribution is -0.142. The first-order chi connectivity index (χ1) is 19.2. The van der Waals surface area contributed by atoms with E-state index in [0.29, 0.717) is 11.3 Å². The van der Waals surface area contributed by atoms with E-state index >= 15 is 0 Å². The first-order valence-electron chi connectivity index (χ1n) is 12.1. The molecule has 0 saturated carbocycles. The van der Waals surface area contributed by atoms with Crippen molar-refractivity contribution >= 4 is 27.9 Å². The number of ether oxygens (including phenoxy) is 4. The highest BCUT2D eigenvalue weighted by Gasteiger charge is 2.27. The van der Waals surface area contributed by atoms with E-state index in [9.17, 15) is 22.8 Å². The summed E-state index contributed by atoms with van der Waals surface area (Å²) in [7, 11) is -0.143. The van der Waals surface area contributed by atoms with Crippen LogP contribution in [0, 0.1) is 0 Å². The van der Waals surface area contributed by atoms with Crippen LogP contribution in [0.15, 0.2) is 77.7 Å². The van der Waals surface area contributed by atoms with Gasteiger partial charge >= 0.3 is 11.9 Å². The minimum atomic E-state index is -4.07. The van der Waals surface area contributed by atoms with Gasteiger partial charge in [0.1, 0.15) is 23.1 Å². The summed E-state index contributed by atoms with van der Waals surface area (Å²) in [5.74, 6) is -1.26. The SMILES string of the molecule is COC(=O)COc1ccc(C[C@H](NS(=O)(=O)c2ccccc2)C(=O)NCc2ccc(OC)cc2)cc1C(=O)OC. The lowest BCUT2D eigenvalue weighted by Gasteiger charge is -2.20. The lowest BCUT2D eigenvalue weighted by Crippen LogP contribution is -2.47. The Hall–Kier alpha value is -4.42. The molecular formula is C28H30N2O9S. The van der Waals surface area contributed by atoms with Gasteiger partial charge in [0, 0.05) is 6.54 Å². The molecule has 2 N–H and O–H groups in total. The standard InChI is InChI=1S/C28H30N2O9S/c1-36-21-12-9-19(10-13-21)17-29-27(32)24(30-40(34,35)22-7-5-4-6-8-22)16-20-11-14-25(39-18-26(31)37-2)23(15-20)28(33)38-3/h4-15,24,30H,16-18H2,1-3H3,(H,29,32)/t24-/m0/s1. The van der Waals surface area contributed by atoms with Gasteiger partial charge in [0.2, 0.25) is 15.9 Å². The number of amides is 1. The molecule has 3 rings (SSSR count). The molecule has 3 aromatic rings. The average Bonchev–Trinajstić information content (AvgIpc) is 2.98. The fraction of sp³-hybridized carbons (Fsp3) is 0.250. The zero-order chi connectivity index (χ0) is 29.1. The van der Waals surface area contributed by atoms with Gasteiger partial charge in [0.05, 0.1) is 26.2 Å². The summed E-state index contributed by atoms with van der Waals surface area (Å²) < 4.78 is 48.6. The fourth-order valence-electron chi connectivity index (χ4n) is 3.63. The van der Waals surface area contributed by atoms with Crippen LogP contribution in [0.2, 0.25) is 0 Å². The number of methoxy groups -OCH3 is 3. The molecule has 0 bridgehead atoms. The molecule has 0 aliphatic carbocycles. The molecule has 0 saturated heterocycles. The maximum atomic E-state index is 13.3. The van der Waals surface area contributed by atoms with Gasteiger partial charge in [-0.05, 0) is 53.9 Å². The van der Waals surface area contributed by atoms with Crippen molar-refractivity contribution in [3.8, 4) is 11.5 Å². The van der Waals surface area contributed by atoms with E-state index in [1.165, 1.54) is 38.5 Å². The number of rotatable bonds is 13. The Morgan fingerprint density at radius 1 is 0.850 bits per heavy atom. The van der Waals surface area contributed by atoms with Gasteiger partial charge in [-0.1, -0.05) is 36.4 Å². The second-order valence-electron chi connectivity index (χ2n) is 8.44. The second kappa shape index (κ2) is 14.1. The Morgan fingerprint density at radius 3 is 2.15 bits per heavy atom. The van der Waals surface area contributed by atoms with Gasteiger partial charge in [0.25, 0.3) is 0 Å². The van der Waals surface area contributed by atoms with Crippen molar-refractivity contribution in [3.05, 3.63) is 89.5 Å². The number of hydrogen-bond acceptors (Lipinski definition) is 9. The Bertz CT molecular complexity index is 1430. The third-order valence-electron chi connectivity index (χ3n) is 5.76. The molecule has 0 aliphatic heterocycles. The molecule has 0 aromatic heterocycles. The Morgan fingerprint density at radius 2 is 1.52 bits per heavy atom. The zero-order valence-corrected chi connectivity index (χ0v) is 23.0. The highest BCUT2D eigenvalue weighted by Crippen LogP contribution is 2.23. The van der Waals surface area contributed by atoms with E-state index in [2.05, 4.69) is 14.8 Å². The summed E-state index contributed by atoms with van der Waals surface area (Å²) in [6.07, 6.45) is -0.109. The van der Waals surface area contributed by atoms with E-state index < -0.39 is 40.5 Å². The first kappa shape index (κ1) is 30.1. The number of hydrogen-bond donors (Lipinski definition) is 2. The Labute approximate surface area is 232 Å². The van der Waals surface area contributed by atoms with Crippen LogP contribution in [0.4, 0.5) is 0 Å². The smallest absolute Gasteiger partial charge is 0.343 e. The van der Waals surface area contributed by atoms with E-state index in [0.717, 1.165) is 5.56 Å². The molecule has 40 heavy (non-hydrogen) atoms. The van der Waals surface area contributed by atoms with Crippen LogP contribution in [0.3, 0.4) is 0 Å². The number of nitrogens with one attached hydrogen (secondary N) is 2. The molecule has 1 atom stereocenters. The van der Waals surface area contributed by atoms with Crippen molar-refractivity contribution in [2.45, 2.75) is 23.9 Å². The van der Waals surface area contributed by atoms with Crippen LogP contribution in [0.5, 0.6) is 11.5 Å². The summed E-state index contributed by atoms with van der Waals surface area (Å²) >= 11 is 0. The summed E-state index contributed by atoms with van der Waals surface area (Å²) in [6, 6.07) is 17.9. The quantitative estimate of drug-likeness (QED) is 0.295. The van der Waals surface area contributed by atoms with Crippen molar-refractivity contribution in [2.75, 3.05) is 27.9 Å². The van der Waals surface area contributed by atoms with Gasteiger partial charge in [0.15, 0.2) is 6.61 Å². The number of benzene rings is 3. The molecule has 3 aromatic carbocycles. The third kappa shape index (κ3) is 8.29. The van der Waals surface area contributed by atoms with Crippen LogP contribution in [-0.2, 0) is 42.1 Å². The monoisotopic (exact) mass is 570 g/mol. The highest BCUT2D eigenvalue weighted by atomic mass is 32.2. The summed E-state index contributed by atoms with van der Waals surface area (Å²) in [5.41, 5.74) is 1.21. The normalized spacial score (nSPS) is 11.7. The van der Waals surface area contributed by atoms with E-state index in [1.54, 1.807) is 55.6 Å². The molecule has 1 amide bonds. The van der Waals surface area contributed by atoms with Gasteiger partial charge in [-0.3, -0.25) is 4.79 Å². The fourth-order valence-corrected chi connectivity index (χ4v) is 4.85. The number of esters is 2. The number of carbonyl (C=O) groups excluding carboxylic acids is 3. The van der Waals surface area contributed by atoms with Gasteiger partial charge in [-0.2, -0.15) is 4.72 Å². The minimum Gasteiger partial charge on any atom is -0.497 e. The molecule has 0 heterocycles. The molecule has 0 radical (unpaired) electrons. The van der Waals surface area contributed by atoms with Crippen LogP contribution in [0.1, 0.15) is 21.5 Å². The first-order valence-corrected chi connectivity index (χ1v) is 13.5. The van der Waals surface area contributed by atoms with Crippen molar-refractivity contribution in [1.29, 1.82) is 0 Å². The largest absolute Gasteiger partial charge is 0.497 e. The summed E-state index contributed by atoms with van der Waals surface area (Å²) in [4.78, 5) is 37.2. The highest BCUT2D eigenvalue weighted by molar-refractivity contribution is 7.89. The number of carbonyl (C=O) groups is 3. The van der Waals surface area contributed by atoms with E-state index in [4.69, 9.17) is 14.2 Å². The average molecular weight is 571 g/mol. The molecule has 212 valence electrons. The maximum Gasteiger partial charge on any atom is 0.343 e. The molecule has 12 heteroatoms. The second-order valence-corrected chi connectivity index (χ2v) is 10.2. The zero-order valence-electron chi connectivity index (χ0n) is 22.2. The summed E-state index contributed by atoms with van der Waals surface area (Å²) in [5, 5.41) is 2.76. The maximum absolute atomic E-state index is 13.3. The third-order valence-corrected chi connectivity index (χ3v) is 7.24.